The molecule has 0 unspecified atom stereocenters. The molecule has 8 heteroatoms. The highest BCUT2D eigenvalue weighted by molar-refractivity contribution is 5.94. The Morgan fingerprint density at radius 2 is 1.68 bits per heavy atom. The molecule has 0 bridgehead atoms. The molecule has 0 radical (unpaired) electrons. The van der Waals surface area contributed by atoms with Gasteiger partial charge < -0.3 is 9.26 Å². The molecule has 0 amide bonds. The summed E-state index contributed by atoms with van der Waals surface area (Å²) in [5.41, 5.74) is 0.274. The number of halogens is 4. The van der Waals surface area contributed by atoms with Gasteiger partial charge in [0.15, 0.2) is 23.0 Å². The number of aromatic nitrogens is 1. The quantitative estimate of drug-likeness (QED) is 0.208. The van der Waals surface area contributed by atoms with Crippen LogP contribution in [0.25, 0.3) is 22.2 Å². The van der Waals surface area contributed by atoms with Gasteiger partial charge in [-0.3, -0.25) is 0 Å². The molecule has 1 heterocycles. The van der Waals surface area contributed by atoms with Crippen LogP contribution in [0.1, 0.15) is 10.4 Å². The number of esters is 1. The number of ether oxygens (including phenoxy) is 1. The van der Waals surface area contributed by atoms with Gasteiger partial charge >= 0.3 is 5.97 Å². The van der Waals surface area contributed by atoms with E-state index in [0.29, 0.717) is 5.39 Å². The Labute approximate surface area is 154 Å². The van der Waals surface area contributed by atoms with Gasteiger partial charge in [0.1, 0.15) is 17.3 Å². The number of hydrogen-bond acceptors (Lipinski definition) is 4. The first-order chi connectivity index (χ1) is 13.4. The minimum Gasteiger partial charge on any atom is -0.423 e. The van der Waals surface area contributed by atoms with Gasteiger partial charge in [-0.05, 0) is 42.5 Å². The smallest absolute Gasteiger partial charge is 0.343 e. The van der Waals surface area contributed by atoms with Gasteiger partial charge in [-0.15, -0.1) is 0 Å². The zero-order chi connectivity index (χ0) is 19.8. The van der Waals surface area contributed by atoms with Crippen LogP contribution in [0.4, 0.5) is 17.6 Å². The molecule has 0 aliphatic heterocycles. The van der Waals surface area contributed by atoms with Gasteiger partial charge in [0, 0.05) is 17.0 Å². The van der Waals surface area contributed by atoms with E-state index in [0.717, 1.165) is 18.2 Å². The minimum absolute atomic E-state index is 0.0142. The normalized spacial score (nSPS) is 11.0. The summed E-state index contributed by atoms with van der Waals surface area (Å²) in [4.78, 5) is 12.1. The van der Waals surface area contributed by atoms with Crippen LogP contribution in [0.3, 0.4) is 0 Å². The first-order valence-corrected chi connectivity index (χ1v) is 7.94. The molecular weight excluding hydrogens is 378 g/mol. The van der Waals surface area contributed by atoms with Crippen molar-refractivity contribution in [1.29, 1.82) is 0 Å². The van der Waals surface area contributed by atoms with Gasteiger partial charge in [0.05, 0.1) is 5.56 Å². The van der Waals surface area contributed by atoms with E-state index in [4.69, 9.17) is 9.26 Å². The Bertz CT molecular complexity index is 1200. The number of fused-ring (bicyclic) bond motifs is 1. The van der Waals surface area contributed by atoms with Crippen LogP contribution >= 0.6 is 0 Å². The second-order valence-electron chi connectivity index (χ2n) is 5.84. The molecule has 0 fully saturated rings. The molecule has 0 spiro atoms. The van der Waals surface area contributed by atoms with Crippen molar-refractivity contribution >= 4 is 16.9 Å². The van der Waals surface area contributed by atoms with E-state index in [2.05, 4.69) is 5.16 Å². The molecule has 0 atom stereocenters. The highest BCUT2D eigenvalue weighted by Crippen LogP contribution is 2.32. The third kappa shape index (κ3) is 3.20. The van der Waals surface area contributed by atoms with Crippen LogP contribution in [0.15, 0.2) is 59.1 Å². The van der Waals surface area contributed by atoms with Crippen LogP contribution in [0, 0.1) is 23.3 Å². The van der Waals surface area contributed by atoms with Crippen molar-refractivity contribution in [2.24, 2.45) is 0 Å². The predicted octanol–water partition coefficient (Wildman–Crippen LogP) is 5.27. The van der Waals surface area contributed by atoms with Crippen molar-refractivity contribution in [3.63, 3.8) is 0 Å². The standard InChI is InChI=1S/C20H9F4NO3/c21-12-3-1-2-10(6-12)20(26)27-13-4-5-14-17(9-13)28-25-19(14)11-7-15(22)18(24)16(23)8-11/h1-9H. The molecule has 4 nitrogen and oxygen atoms in total. The first-order valence-electron chi connectivity index (χ1n) is 7.94. The second-order valence-corrected chi connectivity index (χ2v) is 5.84. The van der Waals surface area contributed by atoms with E-state index in [1.54, 1.807) is 0 Å². The number of hydrogen-bond donors (Lipinski definition) is 0. The second kappa shape index (κ2) is 6.80. The van der Waals surface area contributed by atoms with Crippen molar-refractivity contribution in [2.45, 2.75) is 0 Å². The van der Waals surface area contributed by atoms with Crippen LogP contribution < -0.4 is 4.74 Å². The Kier molecular flexibility index (Phi) is 4.31. The molecule has 140 valence electrons. The molecule has 4 rings (SSSR count). The van der Waals surface area contributed by atoms with E-state index in [9.17, 15) is 22.4 Å². The maximum Gasteiger partial charge on any atom is 0.343 e. The van der Waals surface area contributed by atoms with E-state index < -0.39 is 29.2 Å². The molecule has 0 aliphatic rings. The fourth-order valence-electron chi connectivity index (χ4n) is 2.66. The van der Waals surface area contributed by atoms with Crippen LogP contribution in [0.5, 0.6) is 5.75 Å². The van der Waals surface area contributed by atoms with Crippen molar-refractivity contribution < 1.29 is 31.6 Å². The predicted molar refractivity (Wildman–Crippen MR) is 90.7 cm³/mol. The lowest BCUT2D eigenvalue weighted by Crippen LogP contribution is -2.08. The average Bonchev–Trinajstić information content (AvgIpc) is 3.09. The molecule has 28 heavy (non-hydrogen) atoms. The highest BCUT2D eigenvalue weighted by Gasteiger charge is 2.17. The summed E-state index contributed by atoms with van der Waals surface area (Å²) >= 11 is 0. The summed E-state index contributed by atoms with van der Waals surface area (Å²) in [6.07, 6.45) is 0. The van der Waals surface area contributed by atoms with E-state index in [1.165, 1.54) is 36.4 Å². The molecule has 0 N–H and O–H groups in total. The summed E-state index contributed by atoms with van der Waals surface area (Å²) < 4.78 is 63.6. The maximum atomic E-state index is 13.5. The zero-order valence-corrected chi connectivity index (χ0v) is 13.9. The molecule has 0 aliphatic carbocycles. The highest BCUT2D eigenvalue weighted by atomic mass is 19.2. The molecule has 0 saturated heterocycles. The molecule has 0 saturated carbocycles. The van der Waals surface area contributed by atoms with Crippen molar-refractivity contribution in [1.82, 2.24) is 5.16 Å². The van der Waals surface area contributed by atoms with Gasteiger partial charge in [0.2, 0.25) is 0 Å². The summed E-state index contributed by atoms with van der Waals surface area (Å²) in [6, 6.07) is 10.8. The summed E-state index contributed by atoms with van der Waals surface area (Å²) in [7, 11) is 0. The molecule has 1 aromatic heterocycles. The van der Waals surface area contributed by atoms with E-state index >= 15 is 0 Å². The van der Waals surface area contributed by atoms with Gasteiger partial charge in [0.25, 0.3) is 0 Å². The Morgan fingerprint density at radius 1 is 0.929 bits per heavy atom. The van der Waals surface area contributed by atoms with Gasteiger partial charge in [-0.2, -0.15) is 0 Å². The number of rotatable bonds is 3. The van der Waals surface area contributed by atoms with Crippen molar-refractivity contribution in [3.05, 3.63) is 83.4 Å². The fourth-order valence-corrected chi connectivity index (χ4v) is 2.66. The lowest BCUT2D eigenvalue weighted by Gasteiger charge is -2.04. The lowest BCUT2D eigenvalue weighted by molar-refractivity contribution is 0.0734. The van der Waals surface area contributed by atoms with E-state index in [-0.39, 0.29) is 28.2 Å². The molecule has 4 aromatic rings. The summed E-state index contributed by atoms with van der Waals surface area (Å²) in [6.45, 7) is 0. The summed E-state index contributed by atoms with van der Waals surface area (Å²) in [5, 5.41) is 4.12. The Morgan fingerprint density at radius 3 is 2.39 bits per heavy atom. The monoisotopic (exact) mass is 387 g/mol. The minimum atomic E-state index is -1.58. The average molecular weight is 387 g/mol. The van der Waals surface area contributed by atoms with Gasteiger partial charge in [-0.25, -0.2) is 22.4 Å². The number of benzene rings is 3. The van der Waals surface area contributed by atoms with Crippen LogP contribution in [0.2, 0.25) is 0 Å². The third-order valence-electron chi connectivity index (χ3n) is 3.97. The van der Waals surface area contributed by atoms with Gasteiger partial charge in [-0.1, -0.05) is 11.2 Å². The molecular formula is C20H9F4NO3. The van der Waals surface area contributed by atoms with Crippen molar-refractivity contribution in [3.8, 4) is 17.0 Å². The number of nitrogens with zero attached hydrogens (tertiary/aromatic N) is 1. The topological polar surface area (TPSA) is 52.3 Å². The number of carbonyl (C=O) groups excluding carboxylic acids is 1. The molecule has 3 aromatic carbocycles. The lowest BCUT2D eigenvalue weighted by atomic mass is 10.1. The SMILES string of the molecule is O=C(Oc1ccc2c(-c3cc(F)c(F)c(F)c3)noc2c1)c1cccc(F)c1. The fraction of sp³-hybridized carbons (Fsp3) is 0. The number of carbonyl (C=O) groups is 1. The zero-order valence-electron chi connectivity index (χ0n) is 13.9. The van der Waals surface area contributed by atoms with Crippen LogP contribution in [-0.2, 0) is 0 Å². The van der Waals surface area contributed by atoms with Crippen LogP contribution in [-0.4, -0.2) is 11.1 Å². The Hall–Kier alpha value is -3.68. The maximum absolute atomic E-state index is 13.5. The summed E-state index contributed by atoms with van der Waals surface area (Å²) in [5.74, 6) is -5.55. The Balaban J connectivity index is 1.66. The third-order valence-corrected chi connectivity index (χ3v) is 3.97. The largest absolute Gasteiger partial charge is 0.423 e. The van der Waals surface area contributed by atoms with E-state index in [1.807, 2.05) is 0 Å². The van der Waals surface area contributed by atoms with Crippen molar-refractivity contribution in [2.75, 3.05) is 0 Å². The first kappa shape index (κ1) is 17.7.